The maximum absolute atomic E-state index is 13.5. The predicted molar refractivity (Wildman–Crippen MR) is 129 cm³/mol. The molecule has 0 saturated carbocycles. The fourth-order valence-electron chi connectivity index (χ4n) is 4.65. The van der Waals surface area contributed by atoms with Crippen LogP contribution >= 0.6 is 0 Å². The number of hydrogen-bond acceptors (Lipinski definition) is 5. The fraction of sp³-hybridized carbons (Fsp3) is 0.481. The van der Waals surface area contributed by atoms with Crippen LogP contribution in [0.15, 0.2) is 41.6 Å². The number of fused-ring (bicyclic) bond motifs is 1. The van der Waals surface area contributed by atoms with E-state index in [0.717, 1.165) is 24.5 Å². The molecule has 0 spiro atoms. The molecule has 194 valence electrons. The first-order chi connectivity index (χ1) is 17.0. The van der Waals surface area contributed by atoms with E-state index in [4.69, 9.17) is 14.7 Å². The topological polar surface area (TPSA) is 71.4 Å². The molecule has 2 aromatic carbocycles. The van der Waals surface area contributed by atoms with Gasteiger partial charge < -0.3 is 14.7 Å². The number of benzene rings is 2. The van der Waals surface area contributed by atoms with Crippen LogP contribution in [0.1, 0.15) is 61.1 Å². The van der Waals surface area contributed by atoms with Gasteiger partial charge in [0.05, 0.1) is 23.8 Å². The Kier molecular flexibility index (Phi) is 7.59. The Labute approximate surface area is 208 Å². The number of halogens is 3. The average molecular weight is 505 g/mol. The normalized spacial score (nSPS) is 18.8. The number of rotatable bonds is 9. The summed E-state index contributed by atoms with van der Waals surface area (Å²) >= 11 is 0. The van der Waals surface area contributed by atoms with Gasteiger partial charge in [0, 0.05) is 19.1 Å². The minimum atomic E-state index is -4.53. The number of ether oxygens (including phenoxy) is 1. The number of aryl methyl sites for hydroxylation is 1. The Hall–Kier alpha value is -3.07. The van der Waals surface area contributed by atoms with Crippen LogP contribution < -0.4 is 4.74 Å². The van der Waals surface area contributed by atoms with Crippen molar-refractivity contribution in [2.24, 2.45) is 17.0 Å². The number of carboxylic acids is 1. The third-order valence-electron chi connectivity index (χ3n) is 6.66. The highest BCUT2D eigenvalue weighted by atomic mass is 19.4. The minimum absolute atomic E-state index is 0.0996. The van der Waals surface area contributed by atoms with Crippen molar-refractivity contribution in [3.63, 3.8) is 0 Å². The summed E-state index contributed by atoms with van der Waals surface area (Å²) in [6, 6.07) is 10.2. The molecule has 1 fully saturated rings. The second kappa shape index (κ2) is 10.5. The van der Waals surface area contributed by atoms with E-state index in [1.165, 1.54) is 17.2 Å². The first-order valence-corrected chi connectivity index (χ1v) is 12.1. The Morgan fingerprint density at radius 1 is 1.19 bits per heavy atom. The number of nitrogens with zero attached hydrogens (tertiary/aromatic N) is 2. The summed E-state index contributed by atoms with van der Waals surface area (Å²) in [6.45, 7) is 6.80. The fourth-order valence-corrected chi connectivity index (χ4v) is 4.65. The van der Waals surface area contributed by atoms with Gasteiger partial charge in [-0.3, -0.25) is 9.69 Å². The monoisotopic (exact) mass is 504 g/mol. The van der Waals surface area contributed by atoms with Crippen LogP contribution in [0.25, 0.3) is 0 Å². The van der Waals surface area contributed by atoms with E-state index < -0.39 is 17.7 Å². The lowest BCUT2D eigenvalue weighted by Gasteiger charge is -2.41. The first kappa shape index (κ1) is 26.0. The SMILES string of the molecule is C/C(=N\OCc1ccc(OCC(C)C)c(C(F)(F)F)c1)c1ccc2c(c1)CCC2N1CC(C(=O)O)C1. The summed E-state index contributed by atoms with van der Waals surface area (Å²) in [5.41, 5.74) is 3.46. The third kappa shape index (κ3) is 5.83. The maximum atomic E-state index is 13.5. The van der Waals surface area contributed by atoms with Crippen molar-refractivity contribution >= 4 is 11.7 Å². The summed E-state index contributed by atoms with van der Waals surface area (Å²) in [6.07, 6.45) is -2.67. The van der Waals surface area contributed by atoms with Crippen LogP contribution in [0.2, 0.25) is 0 Å². The molecule has 0 bridgehead atoms. The van der Waals surface area contributed by atoms with E-state index in [0.29, 0.717) is 24.4 Å². The third-order valence-corrected chi connectivity index (χ3v) is 6.66. The van der Waals surface area contributed by atoms with Gasteiger partial charge in [-0.15, -0.1) is 0 Å². The molecule has 1 saturated heterocycles. The lowest BCUT2D eigenvalue weighted by atomic mass is 9.95. The molecule has 1 N–H and O–H groups in total. The Balaban J connectivity index is 1.39. The summed E-state index contributed by atoms with van der Waals surface area (Å²) in [5, 5.41) is 13.3. The average Bonchev–Trinajstić information content (AvgIpc) is 3.19. The molecule has 1 atom stereocenters. The highest BCUT2D eigenvalue weighted by molar-refractivity contribution is 5.98. The van der Waals surface area contributed by atoms with Crippen molar-refractivity contribution in [1.29, 1.82) is 0 Å². The number of hydrogen-bond donors (Lipinski definition) is 1. The van der Waals surface area contributed by atoms with Crippen molar-refractivity contribution < 1.29 is 32.6 Å². The van der Waals surface area contributed by atoms with E-state index in [1.807, 2.05) is 19.9 Å². The van der Waals surface area contributed by atoms with Crippen LogP contribution in [-0.4, -0.2) is 41.4 Å². The summed E-state index contributed by atoms with van der Waals surface area (Å²) in [4.78, 5) is 18.7. The molecule has 36 heavy (non-hydrogen) atoms. The molecule has 0 radical (unpaired) electrons. The number of carboxylic acid groups (broad SMARTS) is 1. The molecule has 1 unspecified atom stereocenters. The molecule has 9 heteroatoms. The molecule has 1 heterocycles. The van der Waals surface area contributed by atoms with Crippen molar-refractivity contribution in [3.8, 4) is 5.75 Å². The Bertz CT molecular complexity index is 1140. The highest BCUT2D eigenvalue weighted by Crippen LogP contribution is 2.40. The number of oxime groups is 1. The zero-order chi connectivity index (χ0) is 26.0. The Morgan fingerprint density at radius 2 is 1.94 bits per heavy atom. The molecule has 1 aliphatic heterocycles. The van der Waals surface area contributed by atoms with E-state index >= 15 is 0 Å². The zero-order valence-corrected chi connectivity index (χ0v) is 20.6. The van der Waals surface area contributed by atoms with Gasteiger partial charge in [-0.1, -0.05) is 37.2 Å². The summed E-state index contributed by atoms with van der Waals surface area (Å²) in [7, 11) is 0. The number of alkyl halides is 3. The van der Waals surface area contributed by atoms with Crippen LogP contribution in [0.5, 0.6) is 5.75 Å². The molecule has 0 aromatic heterocycles. The van der Waals surface area contributed by atoms with E-state index in [1.54, 1.807) is 13.0 Å². The van der Waals surface area contributed by atoms with Gasteiger partial charge in [-0.2, -0.15) is 13.2 Å². The van der Waals surface area contributed by atoms with Crippen molar-refractivity contribution in [2.45, 2.75) is 52.4 Å². The summed E-state index contributed by atoms with van der Waals surface area (Å²) < 4.78 is 45.9. The number of likely N-dealkylation sites (tertiary alicyclic amines) is 1. The maximum Gasteiger partial charge on any atom is 0.419 e. The van der Waals surface area contributed by atoms with E-state index in [9.17, 15) is 18.0 Å². The van der Waals surface area contributed by atoms with Gasteiger partial charge in [0.2, 0.25) is 0 Å². The van der Waals surface area contributed by atoms with Gasteiger partial charge >= 0.3 is 12.1 Å². The molecule has 6 nitrogen and oxygen atoms in total. The molecule has 4 rings (SSSR count). The van der Waals surface area contributed by atoms with Gasteiger partial charge in [0.1, 0.15) is 12.4 Å². The lowest BCUT2D eigenvalue weighted by molar-refractivity contribution is -0.148. The molecule has 2 aliphatic rings. The minimum Gasteiger partial charge on any atom is -0.493 e. The van der Waals surface area contributed by atoms with Crippen LogP contribution in [0.4, 0.5) is 13.2 Å². The van der Waals surface area contributed by atoms with Crippen LogP contribution in [0, 0.1) is 11.8 Å². The van der Waals surface area contributed by atoms with Crippen molar-refractivity contribution in [1.82, 2.24) is 4.90 Å². The standard InChI is InChI=1S/C27H31F3N2O4/c1-16(2)14-35-25-9-4-18(10-23(25)27(28,29)30)15-36-31-17(3)19-5-7-22-20(11-19)6-8-24(22)32-12-21(13-32)26(33)34/h4-5,7,9-11,16,21,24H,6,8,12-15H2,1-3H3,(H,33,34)/b31-17+. The smallest absolute Gasteiger partial charge is 0.419 e. The predicted octanol–water partition coefficient (Wildman–Crippen LogP) is 5.68. The highest BCUT2D eigenvalue weighted by Gasteiger charge is 2.39. The van der Waals surface area contributed by atoms with Gasteiger partial charge in [0.15, 0.2) is 0 Å². The van der Waals surface area contributed by atoms with Gasteiger partial charge in [-0.05, 0) is 66.1 Å². The van der Waals surface area contributed by atoms with E-state index in [-0.39, 0.29) is 36.8 Å². The van der Waals surface area contributed by atoms with Gasteiger partial charge in [0.25, 0.3) is 0 Å². The zero-order valence-electron chi connectivity index (χ0n) is 20.6. The molecular weight excluding hydrogens is 473 g/mol. The molecule has 2 aromatic rings. The van der Waals surface area contributed by atoms with E-state index in [2.05, 4.69) is 22.2 Å². The summed E-state index contributed by atoms with van der Waals surface area (Å²) in [5.74, 6) is -1.10. The lowest BCUT2D eigenvalue weighted by Crippen LogP contribution is -2.51. The molecular formula is C27H31F3N2O4. The van der Waals surface area contributed by atoms with Crippen LogP contribution in [-0.2, 0) is 28.8 Å². The second-order valence-electron chi connectivity index (χ2n) is 9.94. The number of carbonyl (C=O) groups is 1. The quantitative estimate of drug-likeness (QED) is 0.351. The molecule has 1 aliphatic carbocycles. The second-order valence-corrected chi connectivity index (χ2v) is 9.94. The first-order valence-electron chi connectivity index (χ1n) is 12.1. The number of aliphatic carboxylic acids is 1. The van der Waals surface area contributed by atoms with Crippen LogP contribution in [0.3, 0.4) is 0 Å². The van der Waals surface area contributed by atoms with Gasteiger partial charge in [-0.25, -0.2) is 0 Å². The van der Waals surface area contributed by atoms with Crippen molar-refractivity contribution in [2.75, 3.05) is 19.7 Å². The van der Waals surface area contributed by atoms with Crippen molar-refractivity contribution in [3.05, 3.63) is 64.2 Å². The largest absolute Gasteiger partial charge is 0.493 e. The Morgan fingerprint density at radius 3 is 2.61 bits per heavy atom. The molecule has 0 amide bonds.